The topological polar surface area (TPSA) is 50.7 Å². The number of fused-ring (bicyclic) bond motifs is 1. The third-order valence-electron chi connectivity index (χ3n) is 2.82. The second kappa shape index (κ2) is 7.88. The lowest BCUT2D eigenvalue weighted by molar-refractivity contribution is -0.142. The van der Waals surface area contributed by atoms with Crippen molar-refractivity contribution in [1.82, 2.24) is 0 Å². The molecule has 5 heteroatoms. The van der Waals surface area contributed by atoms with Gasteiger partial charge in [-0.05, 0) is 37.3 Å². The summed E-state index contributed by atoms with van der Waals surface area (Å²) in [5.41, 5.74) is 2.63. The van der Waals surface area contributed by atoms with Crippen molar-refractivity contribution in [3.63, 3.8) is 0 Å². The minimum Gasteiger partial charge on any atom is -0.466 e. The Hall–Kier alpha value is -1.75. The largest absolute Gasteiger partial charge is 0.466 e. The third kappa shape index (κ3) is 4.63. The smallest absolute Gasteiger partial charge is 0.311 e. The van der Waals surface area contributed by atoms with Gasteiger partial charge in [0.25, 0.3) is 0 Å². The molecule has 1 aromatic rings. The van der Waals surface area contributed by atoms with E-state index in [0.29, 0.717) is 6.61 Å². The quantitative estimate of drug-likeness (QED) is 0.831. The zero-order chi connectivity index (χ0) is 15.1. The Morgan fingerprint density at radius 1 is 1.33 bits per heavy atom. The van der Waals surface area contributed by atoms with Gasteiger partial charge in [0.1, 0.15) is 0 Å². The zero-order valence-electron chi connectivity index (χ0n) is 12.4. The van der Waals surface area contributed by atoms with E-state index in [4.69, 9.17) is 4.74 Å². The first-order chi connectivity index (χ1) is 10.2. The molecule has 1 N–H and O–H groups in total. The predicted molar refractivity (Wildman–Crippen MR) is 89.2 cm³/mol. The molecule has 1 aromatic carbocycles. The standard InChI is InChI=1S/C16H20N2O2S/c1-3-9-21-15-10-12(11-16(19)20-4-2)17-13-7-5-6-8-14(13)18-15/h5-8,10,17H,3-4,9,11H2,1-2H3. The van der Waals surface area contributed by atoms with E-state index < -0.39 is 0 Å². The highest BCUT2D eigenvalue weighted by molar-refractivity contribution is 8.14. The van der Waals surface area contributed by atoms with Crippen molar-refractivity contribution < 1.29 is 9.53 Å². The molecular formula is C16H20N2O2S. The fourth-order valence-corrected chi connectivity index (χ4v) is 2.73. The van der Waals surface area contributed by atoms with E-state index in [1.807, 2.05) is 37.3 Å². The molecule has 0 aromatic heterocycles. The number of carbonyl (C=O) groups excluding carboxylic acids is 1. The summed E-state index contributed by atoms with van der Waals surface area (Å²) in [5.74, 6) is 0.778. The highest BCUT2D eigenvalue weighted by Crippen LogP contribution is 2.31. The molecule has 2 rings (SSSR count). The summed E-state index contributed by atoms with van der Waals surface area (Å²) in [7, 11) is 0. The second-order valence-corrected chi connectivity index (χ2v) is 5.71. The number of hydrogen-bond acceptors (Lipinski definition) is 5. The molecule has 1 aliphatic heterocycles. The molecule has 0 amide bonds. The summed E-state index contributed by atoms with van der Waals surface area (Å²) in [5, 5.41) is 4.21. The number of aliphatic imine (C=N–C) groups is 1. The van der Waals surface area contributed by atoms with E-state index in [1.165, 1.54) is 0 Å². The lowest BCUT2D eigenvalue weighted by Crippen LogP contribution is -2.10. The molecule has 0 spiro atoms. The van der Waals surface area contributed by atoms with E-state index in [9.17, 15) is 4.79 Å². The maximum atomic E-state index is 11.7. The summed E-state index contributed by atoms with van der Waals surface area (Å²) in [6.07, 6.45) is 3.25. The normalized spacial score (nSPS) is 13.4. The molecule has 0 aliphatic carbocycles. The highest BCUT2D eigenvalue weighted by atomic mass is 32.2. The van der Waals surface area contributed by atoms with Crippen molar-refractivity contribution in [3.05, 3.63) is 36.0 Å². The van der Waals surface area contributed by atoms with E-state index in [0.717, 1.165) is 34.3 Å². The van der Waals surface area contributed by atoms with Crippen LogP contribution in [0, 0.1) is 0 Å². The molecule has 0 unspecified atom stereocenters. The van der Waals surface area contributed by atoms with Gasteiger partial charge in [-0.25, -0.2) is 4.99 Å². The molecule has 0 radical (unpaired) electrons. The fraction of sp³-hybridized carbons (Fsp3) is 0.375. The van der Waals surface area contributed by atoms with Crippen LogP contribution in [0.2, 0.25) is 0 Å². The fourth-order valence-electron chi connectivity index (χ4n) is 1.93. The van der Waals surface area contributed by atoms with Gasteiger partial charge in [0, 0.05) is 5.70 Å². The molecule has 0 saturated carbocycles. The first kappa shape index (κ1) is 15.6. The first-order valence-corrected chi connectivity index (χ1v) is 8.15. The Bertz CT molecular complexity index is 567. The minimum absolute atomic E-state index is 0.226. The van der Waals surface area contributed by atoms with Gasteiger partial charge in [-0.2, -0.15) is 0 Å². The van der Waals surface area contributed by atoms with Crippen molar-refractivity contribution in [2.75, 3.05) is 17.7 Å². The predicted octanol–water partition coefficient (Wildman–Crippen LogP) is 4.12. The van der Waals surface area contributed by atoms with Gasteiger partial charge in [0.15, 0.2) is 0 Å². The Morgan fingerprint density at radius 3 is 2.90 bits per heavy atom. The van der Waals surface area contributed by atoms with E-state index in [1.54, 1.807) is 11.8 Å². The molecule has 21 heavy (non-hydrogen) atoms. The number of thioether (sulfide) groups is 1. The Kier molecular flexibility index (Phi) is 5.87. The van der Waals surface area contributed by atoms with Crippen molar-refractivity contribution in [3.8, 4) is 0 Å². The number of anilines is 1. The maximum absolute atomic E-state index is 11.7. The van der Waals surface area contributed by atoms with Crippen LogP contribution in [-0.2, 0) is 9.53 Å². The van der Waals surface area contributed by atoms with Gasteiger partial charge in [-0.1, -0.05) is 19.1 Å². The van der Waals surface area contributed by atoms with Gasteiger partial charge < -0.3 is 10.1 Å². The number of rotatable bonds is 5. The van der Waals surface area contributed by atoms with Crippen LogP contribution in [0.3, 0.4) is 0 Å². The molecule has 0 atom stereocenters. The van der Waals surface area contributed by atoms with Crippen LogP contribution in [0.1, 0.15) is 26.7 Å². The van der Waals surface area contributed by atoms with Crippen molar-refractivity contribution in [1.29, 1.82) is 0 Å². The lowest BCUT2D eigenvalue weighted by atomic mass is 10.2. The van der Waals surface area contributed by atoms with Crippen LogP contribution in [0.5, 0.6) is 0 Å². The monoisotopic (exact) mass is 304 g/mol. The second-order valence-electron chi connectivity index (χ2n) is 4.59. The van der Waals surface area contributed by atoms with Crippen LogP contribution in [0.4, 0.5) is 11.4 Å². The molecule has 4 nitrogen and oxygen atoms in total. The number of nitrogens with zero attached hydrogens (tertiary/aromatic N) is 1. The average Bonchev–Trinajstić information content (AvgIpc) is 2.63. The number of nitrogens with one attached hydrogen (secondary N) is 1. The number of benzene rings is 1. The molecule has 0 saturated heterocycles. The zero-order valence-corrected chi connectivity index (χ0v) is 13.2. The van der Waals surface area contributed by atoms with Crippen molar-refractivity contribution >= 4 is 34.1 Å². The highest BCUT2D eigenvalue weighted by Gasteiger charge is 2.14. The van der Waals surface area contributed by atoms with Crippen LogP contribution < -0.4 is 5.32 Å². The van der Waals surface area contributed by atoms with Crippen LogP contribution in [-0.4, -0.2) is 23.4 Å². The summed E-state index contributed by atoms with van der Waals surface area (Å²) in [4.78, 5) is 16.4. The molecule has 0 fully saturated rings. The summed E-state index contributed by atoms with van der Waals surface area (Å²) in [6, 6.07) is 7.84. The third-order valence-corrected chi connectivity index (χ3v) is 3.94. The van der Waals surface area contributed by atoms with Gasteiger partial charge in [0.2, 0.25) is 0 Å². The van der Waals surface area contributed by atoms with Crippen molar-refractivity contribution in [2.24, 2.45) is 4.99 Å². The van der Waals surface area contributed by atoms with Gasteiger partial charge in [0.05, 0.1) is 29.4 Å². The molecule has 0 bridgehead atoms. The first-order valence-electron chi connectivity index (χ1n) is 7.16. The van der Waals surface area contributed by atoms with E-state index in [2.05, 4.69) is 17.2 Å². The van der Waals surface area contributed by atoms with Gasteiger partial charge >= 0.3 is 5.97 Å². The summed E-state index contributed by atoms with van der Waals surface area (Å²) < 4.78 is 5.02. The maximum Gasteiger partial charge on any atom is 0.311 e. The van der Waals surface area contributed by atoms with Crippen molar-refractivity contribution in [2.45, 2.75) is 26.7 Å². The van der Waals surface area contributed by atoms with Crippen LogP contribution in [0.25, 0.3) is 0 Å². The lowest BCUT2D eigenvalue weighted by Gasteiger charge is -2.10. The van der Waals surface area contributed by atoms with Gasteiger partial charge in [-0.3, -0.25) is 4.79 Å². The Morgan fingerprint density at radius 2 is 2.14 bits per heavy atom. The number of para-hydroxylation sites is 2. The number of ether oxygens (including phenoxy) is 1. The van der Waals surface area contributed by atoms with Crippen LogP contribution in [0.15, 0.2) is 41.0 Å². The summed E-state index contributed by atoms with van der Waals surface area (Å²) >= 11 is 1.70. The number of hydrogen-bond donors (Lipinski definition) is 1. The number of esters is 1. The Balaban J connectivity index is 2.23. The molecular weight excluding hydrogens is 284 g/mol. The van der Waals surface area contributed by atoms with Gasteiger partial charge in [-0.15, -0.1) is 11.8 Å². The van der Waals surface area contributed by atoms with E-state index >= 15 is 0 Å². The van der Waals surface area contributed by atoms with Crippen LogP contribution >= 0.6 is 11.8 Å². The molecule has 1 heterocycles. The Labute approximate surface area is 129 Å². The summed E-state index contributed by atoms with van der Waals surface area (Å²) in [6.45, 7) is 4.35. The number of carbonyl (C=O) groups is 1. The SMILES string of the molecule is CCCSC1=Nc2ccccc2NC(CC(=O)OCC)=C1. The van der Waals surface area contributed by atoms with E-state index in [-0.39, 0.29) is 12.4 Å². The minimum atomic E-state index is -0.226. The average molecular weight is 304 g/mol. The molecule has 112 valence electrons. The molecule has 1 aliphatic rings.